The fourth-order valence-corrected chi connectivity index (χ4v) is 5.02. The predicted octanol–water partition coefficient (Wildman–Crippen LogP) is 4.76. The van der Waals surface area contributed by atoms with Gasteiger partial charge in [-0.05, 0) is 36.8 Å². The minimum absolute atomic E-state index is 0.0927. The number of benzene rings is 3. The van der Waals surface area contributed by atoms with Gasteiger partial charge in [-0.1, -0.05) is 42.0 Å². The zero-order chi connectivity index (χ0) is 25.3. The van der Waals surface area contributed by atoms with Gasteiger partial charge in [0.05, 0.1) is 28.0 Å². The number of hydrogen-bond donors (Lipinski definition) is 0. The van der Waals surface area contributed by atoms with Gasteiger partial charge >= 0.3 is 5.69 Å². The summed E-state index contributed by atoms with van der Waals surface area (Å²) in [6, 6.07) is 18.2. The molecule has 1 aliphatic rings. The standard InChI is InChI=1S/C28H21F2N3O3/c1-15-8-10-16(11-9-15)23-22-24(31(2)28(35)32(3)27(22)34)25-26(18-13-12-17(29)14-19(18)30)36-21-7-5-4-6-20(21)33(23)25/h4-14,26H,1-3H3/t26-/m0/s1. The molecule has 2 aromatic heterocycles. The van der Waals surface area contributed by atoms with Crippen LogP contribution in [0.25, 0.3) is 27.8 Å². The van der Waals surface area contributed by atoms with Gasteiger partial charge in [-0.3, -0.25) is 13.9 Å². The van der Waals surface area contributed by atoms with Gasteiger partial charge in [0.1, 0.15) is 17.4 Å². The molecule has 8 heteroatoms. The van der Waals surface area contributed by atoms with E-state index in [2.05, 4.69) is 0 Å². The smallest absolute Gasteiger partial charge is 0.331 e. The lowest BCUT2D eigenvalue weighted by Crippen LogP contribution is -2.37. The third-order valence-corrected chi connectivity index (χ3v) is 6.78. The lowest BCUT2D eigenvalue weighted by atomic mass is 10.0. The maximum absolute atomic E-state index is 15.1. The highest BCUT2D eigenvalue weighted by Gasteiger charge is 2.37. The van der Waals surface area contributed by atoms with Gasteiger partial charge < -0.3 is 9.30 Å². The summed E-state index contributed by atoms with van der Waals surface area (Å²) in [6.07, 6.45) is -1.04. The van der Waals surface area contributed by atoms with Crippen LogP contribution in [-0.2, 0) is 14.1 Å². The summed E-state index contributed by atoms with van der Waals surface area (Å²) in [5.41, 5.74) is 2.87. The first-order chi connectivity index (χ1) is 17.3. The van der Waals surface area contributed by atoms with Crippen LogP contribution >= 0.6 is 0 Å². The minimum atomic E-state index is -1.04. The van der Waals surface area contributed by atoms with Crippen molar-refractivity contribution in [2.45, 2.75) is 13.0 Å². The van der Waals surface area contributed by atoms with Gasteiger partial charge in [0.2, 0.25) is 0 Å². The molecule has 0 spiro atoms. The van der Waals surface area contributed by atoms with Crippen molar-refractivity contribution < 1.29 is 13.5 Å². The molecular formula is C28H21F2N3O3. The Balaban J connectivity index is 1.86. The first kappa shape index (κ1) is 22.0. The van der Waals surface area contributed by atoms with Gasteiger partial charge in [0.25, 0.3) is 5.56 Å². The topological polar surface area (TPSA) is 58.2 Å². The predicted molar refractivity (Wildman–Crippen MR) is 133 cm³/mol. The van der Waals surface area contributed by atoms with Crippen molar-refractivity contribution in [1.82, 2.24) is 13.7 Å². The second-order valence-electron chi connectivity index (χ2n) is 9.00. The average molecular weight is 485 g/mol. The first-order valence-corrected chi connectivity index (χ1v) is 11.4. The fourth-order valence-electron chi connectivity index (χ4n) is 5.02. The zero-order valence-corrected chi connectivity index (χ0v) is 19.8. The quantitative estimate of drug-likeness (QED) is 0.362. The Morgan fingerprint density at radius 3 is 2.33 bits per heavy atom. The van der Waals surface area contributed by atoms with Crippen LogP contribution in [0.3, 0.4) is 0 Å². The molecule has 6 nitrogen and oxygen atoms in total. The summed E-state index contributed by atoms with van der Waals surface area (Å²) in [6.45, 7) is 1.97. The summed E-state index contributed by atoms with van der Waals surface area (Å²) in [5, 5.41) is 0.311. The molecular weight excluding hydrogens is 464 g/mol. The Kier molecular flexibility index (Phi) is 4.76. The molecule has 0 unspecified atom stereocenters. The van der Waals surface area contributed by atoms with E-state index < -0.39 is 29.0 Å². The van der Waals surface area contributed by atoms with Gasteiger partial charge in [-0.25, -0.2) is 13.6 Å². The molecule has 36 heavy (non-hydrogen) atoms. The van der Waals surface area contributed by atoms with E-state index in [1.807, 2.05) is 47.9 Å². The molecule has 0 amide bonds. The largest absolute Gasteiger partial charge is 0.477 e. The van der Waals surface area contributed by atoms with Gasteiger partial charge in [0, 0.05) is 25.7 Å². The van der Waals surface area contributed by atoms with E-state index in [0.717, 1.165) is 27.8 Å². The van der Waals surface area contributed by atoms with Crippen LogP contribution in [0.15, 0.2) is 76.3 Å². The van der Waals surface area contributed by atoms with Crippen LogP contribution in [0.1, 0.15) is 22.9 Å². The molecule has 0 bridgehead atoms. The Hall–Kier alpha value is -4.46. The van der Waals surface area contributed by atoms with E-state index >= 15 is 4.39 Å². The van der Waals surface area contributed by atoms with Gasteiger partial charge in [-0.15, -0.1) is 0 Å². The van der Waals surface area contributed by atoms with E-state index in [1.165, 1.54) is 17.7 Å². The Labute approximate surface area is 204 Å². The van der Waals surface area contributed by atoms with E-state index in [1.54, 1.807) is 19.2 Å². The highest BCUT2D eigenvalue weighted by atomic mass is 19.1. The SMILES string of the molecule is Cc1ccc(-c2c3c(=O)n(C)c(=O)n(C)c3c3n2-c2ccccc2O[C@H]3c2ccc(F)cc2F)cc1. The van der Waals surface area contributed by atoms with Crippen LogP contribution in [0.2, 0.25) is 0 Å². The Morgan fingerprint density at radius 1 is 0.889 bits per heavy atom. The molecule has 1 atom stereocenters. The van der Waals surface area contributed by atoms with E-state index in [-0.39, 0.29) is 5.56 Å². The fraction of sp³-hybridized carbons (Fsp3) is 0.143. The number of rotatable bonds is 2. The van der Waals surface area contributed by atoms with Crippen LogP contribution in [0.5, 0.6) is 5.75 Å². The molecule has 5 aromatic rings. The molecule has 0 fully saturated rings. The van der Waals surface area contributed by atoms with Crippen LogP contribution in [0, 0.1) is 18.6 Å². The number of aromatic nitrogens is 3. The minimum Gasteiger partial charge on any atom is -0.477 e. The Bertz CT molecular complexity index is 1810. The molecule has 3 heterocycles. The van der Waals surface area contributed by atoms with Crippen molar-refractivity contribution in [3.8, 4) is 22.7 Å². The van der Waals surface area contributed by atoms with Crippen molar-refractivity contribution in [1.29, 1.82) is 0 Å². The van der Waals surface area contributed by atoms with Gasteiger partial charge in [-0.2, -0.15) is 0 Å². The summed E-state index contributed by atoms with van der Waals surface area (Å²) >= 11 is 0. The van der Waals surface area contributed by atoms with E-state index in [4.69, 9.17) is 4.74 Å². The normalized spacial score (nSPS) is 14.4. The molecule has 0 saturated carbocycles. The summed E-state index contributed by atoms with van der Waals surface area (Å²) < 4.78 is 39.5. The summed E-state index contributed by atoms with van der Waals surface area (Å²) in [4.78, 5) is 26.7. The maximum Gasteiger partial charge on any atom is 0.331 e. The number of aryl methyl sites for hydroxylation is 2. The number of fused-ring (bicyclic) bond motifs is 5. The second kappa shape index (κ2) is 7.78. The van der Waals surface area contributed by atoms with E-state index in [9.17, 15) is 14.0 Å². The molecule has 0 radical (unpaired) electrons. The first-order valence-electron chi connectivity index (χ1n) is 11.4. The van der Waals surface area contributed by atoms with Crippen molar-refractivity contribution >= 4 is 10.9 Å². The number of nitrogens with zero attached hydrogens (tertiary/aromatic N) is 3. The number of ether oxygens (including phenoxy) is 1. The summed E-state index contributed by atoms with van der Waals surface area (Å²) in [5.74, 6) is -1.03. The highest BCUT2D eigenvalue weighted by Crippen LogP contribution is 2.46. The third-order valence-electron chi connectivity index (χ3n) is 6.78. The molecule has 0 N–H and O–H groups in total. The monoisotopic (exact) mass is 485 g/mol. The van der Waals surface area contributed by atoms with E-state index in [0.29, 0.717) is 33.7 Å². The molecule has 0 aliphatic carbocycles. The van der Waals surface area contributed by atoms with Crippen molar-refractivity contribution in [2.75, 3.05) is 0 Å². The lowest BCUT2D eigenvalue weighted by Gasteiger charge is -2.30. The van der Waals surface area contributed by atoms with Crippen LogP contribution in [-0.4, -0.2) is 13.7 Å². The molecule has 3 aromatic carbocycles. The zero-order valence-electron chi connectivity index (χ0n) is 19.8. The second-order valence-corrected chi connectivity index (χ2v) is 9.00. The summed E-state index contributed by atoms with van der Waals surface area (Å²) in [7, 11) is 3.00. The molecule has 0 saturated heterocycles. The highest BCUT2D eigenvalue weighted by molar-refractivity contribution is 5.98. The van der Waals surface area contributed by atoms with Crippen LogP contribution < -0.4 is 16.0 Å². The third kappa shape index (κ3) is 3.00. The number of hydrogen-bond acceptors (Lipinski definition) is 3. The van der Waals surface area contributed by atoms with Crippen molar-refractivity contribution in [3.05, 3.63) is 116 Å². The number of para-hydroxylation sites is 2. The molecule has 180 valence electrons. The average Bonchev–Trinajstić information content (AvgIpc) is 3.23. The Morgan fingerprint density at radius 2 is 1.61 bits per heavy atom. The van der Waals surface area contributed by atoms with Crippen molar-refractivity contribution in [2.24, 2.45) is 14.1 Å². The van der Waals surface area contributed by atoms with Crippen molar-refractivity contribution in [3.63, 3.8) is 0 Å². The molecule has 1 aliphatic heterocycles. The molecule has 6 rings (SSSR count). The lowest BCUT2D eigenvalue weighted by molar-refractivity contribution is 0.223. The maximum atomic E-state index is 15.1. The number of halogens is 2. The van der Waals surface area contributed by atoms with Gasteiger partial charge in [0.15, 0.2) is 6.10 Å². The van der Waals surface area contributed by atoms with Crippen LogP contribution in [0.4, 0.5) is 8.78 Å².